The first-order valence-electron chi connectivity index (χ1n) is 7.00. The summed E-state index contributed by atoms with van der Waals surface area (Å²) in [5, 5.41) is 12.5. The van der Waals surface area contributed by atoms with Gasteiger partial charge in [-0.15, -0.1) is 0 Å². The normalized spacial score (nSPS) is 12.2. The maximum Gasteiger partial charge on any atom is 0.119 e. The first-order chi connectivity index (χ1) is 9.30. The highest BCUT2D eigenvalue weighted by molar-refractivity contribution is 5.31. The fourth-order valence-corrected chi connectivity index (χ4v) is 1.72. The van der Waals surface area contributed by atoms with Crippen molar-refractivity contribution in [2.75, 3.05) is 26.4 Å². The van der Waals surface area contributed by atoms with E-state index in [9.17, 15) is 5.11 Å². The monoisotopic (exact) mass is 267 g/mol. The van der Waals surface area contributed by atoms with E-state index in [1.807, 2.05) is 31.2 Å². The molecule has 0 aliphatic carbocycles. The smallest absolute Gasteiger partial charge is 0.119 e. The second-order valence-electron chi connectivity index (χ2n) is 4.38. The molecule has 1 atom stereocenters. The zero-order chi connectivity index (χ0) is 13.9. The lowest BCUT2D eigenvalue weighted by Gasteiger charge is -2.16. The fraction of sp³-hybridized carbons (Fsp3) is 0.600. The van der Waals surface area contributed by atoms with Crippen LogP contribution in [0.15, 0.2) is 24.3 Å². The van der Waals surface area contributed by atoms with Crippen LogP contribution in [-0.2, 0) is 0 Å². The van der Waals surface area contributed by atoms with Gasteiger partial charge in [0.2, 0.25) is 0 Å². The highest BCUT2D eigenvalue weighted by Crippen LogP contribution is 2.17. The summed E-state index contributed by atoms with van der Waals surface area (Å²) in [5.41, 5.74) is 0. The molecule has 0 saturated heterocycles. The van der Waals surface area contributed by atoms with E-state index in [1.54, 1.807) is 0 Å². The van der Waals surface area contributed by atoms with Crippen molar-refractivity contribution in [1.29, 1.82) is 0 Å². The van der Waals surface area contributed by atoms with Crippen LogP contribution in [0.1, 0.15) is 26.7 Å². The molecule has 2 N–H and O–H groups in total. The molecular weight excluding hydrogens is 242 g/mol. The second kappa shape index (κ2) is 9.64. The van der Waals surface area contributed by atoms with E-state index in [0.717, 1.165) is 30.9 Å². The van der Waals surface area contributed by atoms with Gasteiger partial charge in [0.05, 0.1) is 19.8 Å². The Hall–Kier alpha value is -1.26. The van der Waals surface area contributed by atoms with Gasteiger partial charge in [-0.05, 0) is 50.6 Å². The van der Waals surface area contributed by atoms with Gasteiger partial charge in [0.15, 0.2) is 0 Å². The van der Waals surface area contributed by atoms with E-state index in [-0.39, 0.29) is 12.6 Å². The number of benzene rings is 1. The Labute approximate surface area is 115 Å². The average Bonchev–Trinajstić information content (AvgIpc) is 2.44. The summed E-state index contributed by atoms with van der Waals surface area (Å²) in [4.78, 5) is 0. The molecule has 1 rings (SSSR count). The van der Waals surface area contributed by atoms with Crippen molar-refractivity contribution in [3.8, 4) is 11.5 Å². The molecule has 0 saturated carbocycles. The minimum Gasteiger partial charge on any atom is -0.494 e. The molecule has 108 valence electrons. The van der Waals surface area contributed by atoms with E-state index in [4.69, 9.17) is 9.47 Å². The summed E-state index contributed by atoms with van der Waals surface area (Å²) < 4.78 is 11.0. The first kappa shape index (κ1) is 15.8. The lowest BCUT2D eigenvalue weighted by atomic mass is 10.2. The van der Waals surface area contributed by atoms with Crippen molar-refractivity contribution >= 4 is 0 Å². The molecule has 1 aromatic rings. The van der Waals surface area contributed by atoms with Gasteiger partial charge < -0.3 is 19.9 Å². The topological polar surface area (TPSA) is 50.7 Å². The summed E-state index contributed by atoms with van der Waals surface area (Å²) in [6.45, 7) is 6.40. The molecular formula is C15H25NO3. The predicted molar refractivity (Wildman–Crippen MR) is 76.9 cm³/mol. The van der Waals surface area contributed by atoms with Crippen LogP contribution in [0.3, 0.4) is 0 Å². The molecule has 0 aromatic heterocycles. The number of rotatable bonds is 10. The lowest BCUT2D eigenvalue weighted by Crippen LogP contribution is -2.34. The maximum absolute atomic E-state index is 9.21. The van der Waals surface area contributed by atoms with Gasteiger partial charge in [-0.25, -0.2) is 0 Å². The summed E-state index contributed by atoms with van der Waals surface area (Å²) >= 11 is 0. The molecule has 4 heteroatoms. The molecule has 0 aliphatic rings. The van der Waals surface area contributed by atoms with Gasteiger partial charge in [-0.3, -0.25) is 0 Å². The summed E-state index contributed by atoms with van der Waals surface area (Å²) in [6, 6.07) is 7.72. The van der Waals surface area contributed by atoms with Gasteiger partial charge in [-0.2, -0.15) is 0 Å². The van der Waals surface area contributed by atoms with Gasteiger partial charge >= 0.3 is 0 Å². The van der Waals surface area contributed by atoms with E-state index in [2.05, 4.69) is 12.2 Å². The summed E-state index contributed by atoms with van der Waals surface area (Å²) in [6.07, 6.45) is 1.86. The Morgan fingerprint density at radius 2 is 1.74 bits per heavy atom. The van der Waals surface area contributed by atoms with Gasteiger partial charge in [0.1, 0.15) is 11.5 Å². The first-order valence-corrected chi connectivity index (χ1v) is 7.00. The molecule has 0 heterocycles. The van der Waals surface area contributed by atoms with Crippen LogP contribution >= 0.6 is 0 Å². The number of nitrogens with one attached hydrogen (secondary N) is 1. The third kappa shape index (κ3) is 6.45. The Morgan fingerprint density at radius 1 is 1.11 bits per heavy atom. The Kier molecular flexibility index (Phi) is 8.02. The Bertz CT molecular complexity index is 327. The standard InChI is InChI=1S/C15H25NO3/c1-3-10-16-13(12-17)9-11-19-15-7-5-14(6-8-15)18-4-2/h5-8,13,16-17H,3-4,9-12H2,1-2H3. The van der Waals surface area contributed by atoms with Crippen LogP contribution in [-0.4, -0.2) is 37.5 Å². The zero-order valence-electron chi connectivity index (χ0n) is 11.9. The molecule has 0 bridgehead atoms. The molecule has 1 unspecified atom stereocenters. The molecule has 0 spiro atoms. The molecule has 19 heavy (non-hydrogen) atoms. The number of aliphatic hydroxyl groups excluding tert-OH is 1. The van der Waals surface area contributed by atoms with Crippen molar-refractivity contribution in [2.45, 2.75) is 32.7 Å². The minimum absolute atomic E-state index is 0.114. The van der Waals surface area contributed by atoms with Crippen LogP contribution < -0.4 is 14.8 Å². The lowest BCUT2D eigenvalue weighted by molar-refractivity contribution is 0.209. The summed E-state index contributed by atoms with van der Waals surface area (Å²) in [7, 11) is 0. The average molecular weight is 267 g/mol. The quantitative estimate of drug-likeness (QED) is 0.682. The Balaban J connectivity index is 2.27. The van der Waals surface area contributed by atoms with Crippen LogP contribution in [0, 0.1) is 0 Å². The molecule has 0 radical (unpaired) electrons. The van der Waals surface area contributed by atoms with Gasteiger partial charge in [0.25, 0.3) is 0 Å². The second-order valence-corrected chi connectivity index (χ2v) is 4.38. The summed E-state index contributed by atoms with van der Waals surface area (Å²) in [5.74, 6) is 1.68. The zero-order valence-corrected chi connectivity index (χ0v) is 11.9. The van der Waals surface area contributed by atoms with Crippen molar-refractivity contribution < 1.29 is 14.6 Å². The van der Waals surface area contributed by atoms with Crippen LogP contribution in [0.2, 0.25) is 0 Å². The third-order valence-electron chi connectivity index (χ3n) is 2.77. The highest BCUT2D eigenvalue weighted by atomic mass is 16.5. The van der Waals surface area contributed by atoms with E-state index in [1.165, 1.54) is 0 Å². The number of hydrogen-bond donors (Lipinski definition) is 2. The largest absolute Gasteiger partial charge is 0.494 e. The SMILES string of the molecule is CCCNC(CO)CCOc1ccc(OCC)cc1. The van der Waals surface area contributed by atoms with Crippen LogP contribution in [0.5, 0.6) is 11.5 Å². The van der Waals surface area contributed by atoms with Crippen molar-refractivity contribution in [1.82, 2.24) is 5.32 Å². The molecule has 0 fully saturated rings. The minimum atomic E-state index is 0.114. The maximum atomic E-state index is 9.21. The fourth-order valence-electron chi connectivity index (χ4n) is 1.72. The van der Waals surface area contributed by atoms with E-state index in [0.29, 0.717) is 13.2 Å². The number of aliphatic hydroxyl groups is 1. The molecule has 0 amide bonds. The van der Waals surface area contributed by atoms with Crippen LogP contribution in [0.25, 0.3) is 0 Å². The van der Waals surface area contributed by atoms with Crippen molar-refractivity contribution in [3.63, 3.8) is 0 Å². The third-order valence-corrected chi connectivity index (χ3v) is 2.77. The molecule has 1 aromatic carbocycles. The van der Waals surface area contributed by atoms with E-state index < -0.39 is 0 Å². The predicted octanol–water partition coefficient (Wildman–Crippen LogP) is 2.21. The number of hydrogen-bond acceptors (Lipinski definition) is 4. The Morgan fingerprint density at radius 3 is 2.26 bits per heavy atom. The highest BCUT2D eigenvalue weighted by Gasteiger charge is 2.06. The van der Waals surface area contributed by atoms with Crippen molar-refractivity contribution in [2.24, 2.45) is 0 Å². The molecule has 0 aliphatic heterocycles. The molecule has 4 nitrogen and oxygen atoms in total. The number of ether oxygens (including phenoxy) is 2. The van der Waals surface area contributed by atoms with Crippen LogP contribution in [0.4, 0.5) is 0 Å². The van der Waals surface area contributed by atoms with Gasteiger partial charge in [0, 0.05) is 6.04 Å². The van der Waals surface area contributed by atoms with Crippen molar-refractivity contribution in [3.05, 3.63) is 24.3 Å². The van der Waals surface area contributed by atoms with Gasteiger partial charge in [-0.1, -0.05) is 6.92 Å². The van der Waals surface area contributed by atoms with E-state index >= 15 is 0 Å².